The standard InChI is InChI=1S/C18H13F3N4O4S/c1-29-10-6-7-13(14(8-10)25(27)28)22-15(26)9-30-16-11-4-2-3-5-12(11)23-17(24-16)18(19,20)21/h2-8H,9H2,1H3,(H,22,26). The van der Waals surface area contributed by atoms with Gasteiger partial charge < -0.3 is 10.1 Å². The fourth-order valence-corrected chi connectivity index (χ4v) is 3.32. The van der Waals surface area contributed by atoms with Crippen LogP contribution in [0.1, 0.15) is 5.82 Å². The van der Waals surface area contributed by atoms with Crippen molar-refractivity contribution < 1.29 is 27.6 Å². The minimum atomic E-state index is -4.74. The number of fused-ring (bicyclic) bond motifs is 1. The fraction of sp³-hybridized carbons (Fsp3) is 0.167. The Bertz CT molecular complexity index is 1120. The molecule has 0 bridgehead atoms. The Morgan fingerprint density at radius 1 is 1.23 bits per heavy atom. The van der Waals surface area contributed by atoms with E-state index in [1.165, 1.54) is 25.3 Å². The van der Waals surface area contributed by atoms with E-state index in [-0.39, 0.29) is 33.4 Å². The number of carbonyl (C=O) groups excluding carboxylic acids is 1. The average Bonchev–Trinajstić information content (AvgIpc) is 2.71. The number of amides is 1. The van der Waals surface area contributed by atoms with E-state index in [1.54, 1.807) is 18.2 Å². The number of thioether (sulfide) groups is 1. The number of halogens is 3. The molecular weight excluding hydrogens is 425 g/mol. The Labute approximate surface area is 171 Å². The highest BCUT2D eigenvalue weighted by atomic mass is 32.2. The molecule has 1 N–H and O–H groups in total. The number of carbonyl (C=O) groups is 1. The summed E-state index contributed by atoms with van der Waals surface area (Å²) in [4.78, 5) is 29.9. The smallest absolute Gasteiger partial charge is 0.451 e. The molecule has 156 valence electrons. The Hall–Kier alpha value is -3.41. The van der Waals surface area contributed by atoms with Crippen LogP contribution in [0.15, 0.2) is 47.5 Å². The molecule has 12 heteroatoms. The minimum Gasteiger partial charge on any atom is -0.496 e. The number of ether oxygens (including phenoxy) is 1. The van der Waals surface area contributed by atoms with Crippen LogP contribution in [0.25, 0.3) is 10.9 Å². The molecule has 3 aromatic rings. The van der Waals surface area contributed by atoms with E-state index in [9.17, 15) is 28.1 Å². The number of hydrogen-bond donors (Lipinski definition) is 1. The normalized spacial score (nSPS) is 11.3. The van der Waals surface area contributed by atoms with Crippen molar-refractivity contribution in [3.05, 3.63) is 58.4 Å². The van der Waals surface area contributed by atoms with Gasteiger partial charge in [0.05, 0.1) is 29.4 Å². The molecule has 0 fully saturated rings. The third-order valence-electron chi connectivity index (χ3n) is 3.84. The van der Waals surface area contributed by atoms with Gasteiger partial charge in [0.15, 0.2) is 0 Å². The fourth-order valence-electron chi connectivity index (χ4n) is 2.50. The molecule has 8 nitrogen and oxygen atoms in total. The molecular formula is C18H13F3N4O4S. The van der Waals surface area contributed by atoms with Crippen molar-refractivity contribution >= 4 is 39.9 Å². The van der Waals surface area contributed by atoms with Gasteiger partial charge in [-0.05, 0) is 18.2 Å². The molecule has 3 rings (SSSR count). The van der Waals surface area contributed by atoms with Crippen LogP contribution in [0.4, 0.5) is 24.5 Å². The van der Waals surface area contributed by atoms with Crippen LogP contribution >= 0.6 is 11.8 Å². The number of benzene rings is 2. The van der Waals surface area contributed by atoms with E-state index < -0.39 is 22.8 Å². The maximum absolute atomic E-state index is 13.1. The van der Waals surface area contributed by atoms with Gasteiger partial charge in [0.1, 0.15) is 16.5 Å². The number of anilines is 1. The van der Waals surface area contributed by atoms with Gasteiger partial charge in [0.2, 0.25) is 11.7 Å². The van der Waals surface area contributed by atoms with Crippen LogP contribution in [0.2, 0.25) is 0 Å². The van der Waals surface area contributed by atoms with Gasteiger partial charge in [0, 0.05) is 5.39 Å². The molecule has 0 saturated heterocycles. The first-order chi connectivity index (χ1) is 14.2. The van der Waals surface area contributed by atoms with Crippen LogP contribution < -0.4 is 10.1 Å². The lowest BCUT2D eigenvalue weighted by atomic mass is 10.2. The first-order valence-corrected chi connectivity index (χ1v) is 9.26. The topological polar surface area (TPSA) is 107 Å². The van der Waals surface area contributed by atoms with Gasteiger partial charge in [-0.15, -0.1) is 0 Å². The third kappa shape index (κ3) is 4.76. The molecule has 0 aliphatic carbocycles. The quantitative estimate of drug-likeness (QED) is 0.265. The van der Waals surface area contributed by atoms with Gasteiger partial charge in [-0.3, -0.25) is 14.9 Å². The van der Waals surface area contributed by atoms with Crippen LogP contribution in [-0.2, 0) is 11.0 Å². The SMILES string of the molecule is COc1ccc(NC(=O)CSc2nc(C(F)(F)F)nc3ccccc23)c([N+](=O)[O-])c1. The second-order valence-corrected chi connectivity index (χ2v) is 6.81. The van der Waals surface area contributed by atoms with Crippen molar-refractivity contribution in [1.82, 2.24) is 9.97 Å². The van der Waals surface area contributed by atoms with Crippen LogP contribution in [-0.4, -0.2) is 33.7 Å². The molecule has 0 radical (unpaired) electrons. The Balaban J connectivity index is 1.82. The lowest BCUT2D eigenvalue weighted by Crippen LogP contribution is -2.16. The highest BCUT2D eigenvalue weighted by Crippen LogP contribution is 2.33. The van der Waals surface area contributed by atoms with E-state index in [1.807, 2.05) is 0 Å². The molecule has 0 atom stereocenters. The number of alkyl halides is 3. The van der Waals surface area contributed by atoms with Gasteiger partial charge in [0.25, 0.3) is 5.69 Å². The molecule has 30 heavy (non-hydrogen) atoms. The number of nitro benzene ring substituents is 1. The molecule has 1 aromatic heterocycles. The first kappa shape index (κ1) is 21.3. The van der Waals surface area contributed by atoms with Gasteiger partial charge in [-0.25, -0.2) is 9.97 Å². The number of nitro groups is 1. The molecule has 0 unspecified atom stereocenters. The molecule has 0 aliphatic heterocycles. The van der Waals surface area contributed by atoms with E-state index in [0.29, 0.717) is 5.39 Å². The molecule has 2 aromatic carbocycles. The zero-order valence-corrected chi connectivity index (χ0v) is 16.1. The lowest BCUT2D eigenvalue weighted by molar-refractivity contribution is -0.384. The number of aromatic nitrogens is 2. The molecule has 1 amide bonds. The summed E-state index contributed by atoms with van der Waals surface area (Å²) in [6.45, 7) is 0. The summed E-state index contributed by atoms with van der Waals surface area (Å²) in [5, 5.41) is 13.9. The predicted octanol–water partition coefficient (Wildman–Crippen LogP) is 4.30. The number of hydrogen-bond acceptors (Lipinski definition) is 7. The van der Waals surface area contributed by atoms with Gasteiger partial charge in [-0.2, -0.15) is 13.2 Å². The average molecular weight is 438 g/mol. The maximum atomic E-state index is 13.1. The zero-order valence-electron chi connectivity index (χ0n) is 15.3. The first-order valence-electron chi connectivity index (χ1n) is 8.28. The second kappa shape index (κ2) is 8.53. The number of methoxy groups -OCH3 is 1. The zero-order chi connectivity index (χ0) is 21.9. The number of para-hydroxylation sites is 1. The Morgan fingerprint density at radius 2 is 1.97 bits per heavy atom. The van der Waals surface area contributed by atoms with Crippen molar-refractivity contribution in [2.24, 2.45) is 0 Å². The van der Waals surface area contributed by atoms with Crippen molar-refractivity contribution in [3.8, 4) is 5.75 Å². The van der Waals surface area contributed by atoms with E-state index in [0.717, 1.165) is 17.8 Å². The van der Waals surface area contributed by atoms with E-state index in [2.05, 4.69) is 15.3 Å². The summed E-state index contributed by atoms with van der Waals surface area (Å²) in [7, 11) is 1.34. The molecule has 0 aliphatic rings. The monoisotopic (exact) mass is 438 g/mol. The van der Waals surface area contributed by atoms with Gasteiger partial charge in [-0.1, -0.05) is 30.0 Å². The predicted molar refractivity (Wildman–Crippen MR) is 104 cm³/mol. The van der Waals surface area contributed by atoms with E-state index >= 15 is 0 Å². The highest BCUT2D eigenvalue weighted by Gasteiger charge is 2.35. The highest BCUT2D eigenvalue weighted by molar-refractivity contribution is 8.00. The summed E-state index contributed by atoms with van der Waals surface area (Å²) in [6, 6.07) is 10.0. The lowest BCUT2D eigenvalue weighted by Gasteiger charge is -2.11. The van der Waals surface area contributed by atoms with Crippen molar-refractivity contribution in [1.29, 1.82) is 0 Å². The summed E-state index contributed by atoms with van der Waals surface area (Å²) in [6.07, 6.45) is -4.74. The van der Waals surface area contributed by atoms with Crippen LogP contribution in [0.5, 0.6) is 5.75 Å². The Kier molecular flexibility index (Phi) is 6.06. The van der Waals surface area contributed by atoms with Crippen molar-refractivity contribution in [2.45, 2.75) is 11.2 Å². The maximum Gasteiger partial charge on any atom is 0.451 e. The number of nitrogens with zero attached hydrogens (tertiary/aromatic N) is 3. The second-order valence-electron chi connectivity index (χ2n) is 5.84. The third-order valence-corrected chi connectivity index (χ3v) is 4.83. The molecule has 0 spiro atoms. The molecule has 0 saturated carbocycles. The van der Waals surface area contributed by atoms with Crippen LogP contribution in [0, 0.1) is 10.1 Å². The minimum absolute atomic E-state index is 0.0210. The van der Waals surface area contributed by atoms with E-state index in [4.69, 9.17) is 4.74 Å². The summed E-state index contributed by atoms with van der Waals surface area (Å²) in [5.74, 6) is -2.04. The number of nitrogens with one attached hydrogen (secondary N) is 1. The summed E-state index contributed by atoms with van der Waals surface area (Å²) in [5.41, 5.74) is -0.344. The number of rotatable bonds is 6. The molecule has 1 heterocycles. The summed E-state index contributed by atoms with van der Waals surface area (Å²) < 4.78 is 44.2. The van der Waals surface area contributed by atoms with Crippen LogP contribution in [0.3, 0.4) is 0 Å². The Morgan fingerprint density at radius 3 is 2.63 bits per heavy atom. The van der Waals surface area contributed by atoms with Crippen molar-refractivity contribution in [3.63, 3.8) is 0 Å². The largest absolute Gasteiger partial charge is 0.496 e. The summed E-state index contributed by atoms with van der Waals surface area (Å²) >= 11 is 0.772. The van der Waals surface area contributed by atoms with Crippen molar-refractivity contribution in [2.75, 3.05) is 18.2 Å². The van der Waals surface area contributed by atoms with Gasteiger partial charge >= 0.3 is 6.18 Å².